The van der Waals surface area contributed by atoms with E-state index in [-0.39, 0.29) is 37.0 Å². The van der Waals surface area contributed by atoms with Gasteiger partial charge >= 0.3 is 5.91 Å². The number of nitro groups is 1. The number of amides is 2. The van der Waals surface area contributed by atoms with E-state index in [2.05, 4.69) is 10.3 Å². The maximum atomic E-state index is 13.5. The number of anilines is 1. The first-order valence-corrected chi connectivity index (χ1v) is 14.9. The summed E-state index contributed by atoms with van der Waals surface area (Å²) in [6, 6.07) is 15.8. The van der Waals surface area contributed by atoms with Crippen molar-refractivity contribution in [1.29, 1.82) is 0 Å². The van der Waals surface area contributed by atoms with Gasteiger partial charge in [0.2, 0.25) is 9.84 Å². The van der Waals surface area contributed by atoms with Crippen LogP contribution in [0.3, 0.4) is 0 Å². The van der Waals surface area contributed by atoms with Crippen molar-refractivity contribution < 1.29 is 32.8 Å². The molecule has 2 heterocycles. The molecular formula is C29H22N4O8S2. The molecule has 1 fully saturated rings. The van der Waals surface area contributed by atoms with Gasteiger partial charge in [-0.05, 0) is 36.8 Å². The molecule has 1 aromatic heterocycles. The molecule has 0 radical (unpaired) electrons. The van der Waals surface area contributed by atoms with Crippen LogP contribution in [-0.4, -0.2) is 48.1 Å². The van der Waals surface area contributed by atoms with Crippen LogP contribution < -0.4 is 10.2 Å². The number of aliphatic hydroxyl groups is 1. The van der Waals surface area contributed by atoms with Crippen molar-refractivity contribution in [2.24, 2.45) is 0 Å². The number of hydrogen-bond donors (Lipinski definition) is 2. The lowest BCUT2D eigenvalue weighted by Crippen LogP contribution is -2.29. The molecule has 218 valence electrons. The van der Waals surface area contributed by atoms with Gasteiger partial charge in [-0.1, -0.05) is 53.3 Å². The van der Waals surface area contributed by atoms with Crippen LogP contribution in [-0.2, 0) is 19.4 Å². The number of hydrogen-bond acceptors (Lipinski definition) is 10. The van der Waals surface area contributed by atoms with Crippen molar-refractivity contribution in [2.75, 3.05) is 11.9 Å². The van der Waals surface area contributed by atoms with Gasteiger partial charge in [0.15, 0.2) is 5.13 Å². The van der Waals surface area contributed by atoms with E-state index in [1.165, 1.54) is 31.3 Å². The Bertz CT molecular complexity index is 1910. The average Bonchev–Trinajstić information content (AvgIpc) is 3.60. The Morgan fingerprint density at radius 2 is 1.60 bits per heavy atom. The number of ketones is 1. The molecule has 1 aliphatic heterocycles. The number of thiazole rings is 1. The van der Waals surface area contributed by atoms with Gasteiger partial charge in [0, 0.05) is 30.3 Å². The number of aliphatic hydroxyl groups excluding tert-OH is 1. The van der Waals surface area contributed by atoms with Gasteiger partial charge in [0.1, 0.15) is 9.97 Å². The second-order valence-corrected chi connectivity index (χ2v) is 12.6. The van der Waals surface area contributed by atoms with Crippen LogP contribution >= 0.6 is 11.3 Å². The Hall–Kier alpha value is -5.21. The van der Waals surface area contributed by atoms with Gasteiger partial charge in [0.25, 0.3) is 17.4 Å². The van der Waals surface area contributed by atoms with Crippen LogP contribution in [0.15, 0.2) is 93.7 Å². The van der Waals surface area contributed by atoms with Crippen molar-refractivity contribution in [3.63, 3.8) is 0 Å². The number of nitro benzene ring substituents is 1. The fourth-order valence-corrected chi connectivity index (χ4v) is 7.07. The van der Waals surface area contributed by atoms with E-state index in [4.69, 9.17) is 0 Å². The number of benzene rings is 3. The van der Waals surface area contributed by atoms with E-state index in [1.54, 1.807) is 24.3 Å². The van der Waals surface area contributed by atoms with E-state index in [1.807, 2.05) is 6.92 Å². The van der Waals surface area contributed by atoms with E-state index < -0.39 is 38.3 Å². The Kier molecular flexibility index (Phi) is 7.65. The SMILES string of the molecule is CNC(=O)c1ccc(C2C(=C(O)c3ccc(C)cc3)C(=O)C(=O)N2c2ncc(S(=O)(=O)c3ccc([N+](=O)[O-])cc3)s2)cc1. The number of aromatic nitrogens is 1. The van der Waals surface area contributed by atoms with Gasteiger partial charge in [-0.25, -0.2) is 13.4 Å². The molecule has 0 aliphatic carbocycles. The highest BCUT2D eigenvalue weighted by Gasteiger charge is 2.48. The predicted octanol–water partition coefficient (Wildman–Crippen LogP) is 4.18. The van der Waals surface area contributed by atoms with Crippen molar-refractivity contribution >= 4 is 55.3 Å². The number of nitrogens with one attached hydrogen (secondary N) is 1. The lowest BCUT2D eigenvalue weighted by atomic mass is 9.94. The monoisotopic (exact) mass is 618 g/mol. The maximum absolute atomic E-state index is 13.5. The smallest absolute Gasteiger partial charge is 0.301 e. The van der Waals surface area contributed by atoms with Gasteiger partial charge < -0.3 is 10.4 Å². The highest BCUT2D eigenvalue weighted by atomic mass is 32.2. The first-order valence-electron chi connectivity index (χ1n) is 12.6. The number of sulfone groups is 1. The predicted molar refractivity (Wildman–Crippen MR) is 156 cm³/mol. The van der Waals surface area contributed by atoms with Gasteiger partial charge in [-0.3, -0.25) is 29.4 Å². The molecule has 0 spiro atoms. The largest absolute Gasteiger partial charge is 0.507 e. The average molecular weight is 619 g/mol. The van der Waals surface area contributed by atoms with Crippen LogP contribution in [0.5, 0.6) is 0 Å². The summed E-state index contributed by atoms with van der Waals surface area (Å²) in [6.45, 7) is 1.85. The highest BCUT2D eigenvalue weighted by molar-refractivity contribution is 7.93. The molecule has 1 atom stereocenters. The Balaban J connectivity index is 1.62. The summed E-state index contributed by atoms with van der Waals surface area (Å²) in [5, 5.41) is 24.6. The molecule has 0 saturated carbocycles. The second kappa shape index (κ2) is 11.2. The molecule has 5 rings (SSSR count). The Labute approximate surface area is 249 Å². The molecule has 2 amide bonds. The van der Waals surface area contributed by atoms with E-state index >= 15 is 0 Å². The quantitative estimate of drug-likeness (QED) is 0.101. The van der Waals surface area contributed by atoms with Gasteiger partial charge in [0.05, 0.1) is 27.6 Å². The minimum atomic E-state index is -4.19. The Morgan fingerprint density at radius 3 is 2.19 bits per heavy atom. The number of aryl methyl sites for hydroxylation is 1. The lowest BCUT2D eigenvalue weighted by molar-refractivity contribution is -0.384. The molecule has 1 unspecified atom stereocenters. The molecular weight excluding hydrogens is 596 g/mol. The second-order valence-electron chi connectivity index (χ2n) is 9.45. The summed E-state index contributed by atoms with van der Waals surface area (Å²) in [6.07, 6.45) is 1.03. The van der Waals surface area contributed by atoms with Crippen LogP contribution in [0.2, 0.25) is 0 Å². The zero-order chi connectivity index (χ0) is 31.1. The summed E-state index contributed by atoms with van der Waals surface area (Å²) in [7, 11) is -2.72. The summed E-state index contributed by atoms with van der Waals surface area (Å²) >= 11 is 0.621. The van der Waals surface area contributed by atoms with Crippen LogP contribution in [0.4, 0.5) is 10.8 Å². The van der Waals surface area contributed by atoms with Gasteiger partial charge in [-0.2, -0.15) is 0 Å². The van der Waals surface area contributed by atoms with Crippen LogP contribution in [0.1, 0.15) is 33.1 Å². The topological polar surface area (TPSA) is 177 Å². The van der Waals surface area contributed by atoms with Gasteiger partial charge in [-0.15, -0.1) is 0 Å². The fourth-order valence-electron chi connectivity index (χ4n) is 4.52. The number of non-ortho nitro benzene ring substituents is 1. The molecule has 43 heavy (non-hydrogen) atoms. The standard InChI is InChI=1S/C29H22N4O8S2/c1-16-3-5-18(6-4-16)25(34)23-24(17-7-9-19(10-8-17)27(36)30-2)32(28(37)26(23)35)29-31-15-22(42-29)43(40,41)21-13-11-20(12-14-21)33(38)39/h3-15,24,34H,1-2H3,(H,30,36). The van der Waals surface area contributed by atoms with Crippen molar-refractivity contribution in [3.8, 4) is 0 Å². The van der Waals surface area contributed by atoms with Crippen molar-refractivity contribution in [2.45, 2.75) is 22.1 Å². The molecule has 2 N–H and O–H groups in total. The molecule has 3 aromatic carbocycles. The number of rotatable bonds is 7. The minimum Gasteiger partial charge on any atom is -0.507 e. The molecule has 1 saturated heterocycles. The molecule has 14 heteroatoms. The van der Waals surface area contributed by atoms with Crippen LogP contribution in [0, 0.1) is 17.0 Å². The number of carbonyl (C=O) groups is 3. The van der Waals surface area contributed by atoms with E-state index in [0.29, 0.717) is 22.5 Å². The van der Waals surface area contributed by atoms with Crippen LogP contribution in [0.25, 0.3) is 5.76 Å². The third-order valence-corrected chi connectivity index (χ3v) is 10.0. The van der Waals surface area contributed by atoms with E-state index in [9.17, 15) is 38.0 Å². The lowest BCUT2D eigenvalue weighted by Gasteiger charge is -2.23. The van der Waals surface area contributed by atoms with Crippen molar-refractivity contribution in [3.05, 3.63) is 117 Å². The minimum absolute atomic E-state index is 0.133. The summed E-state index contributed by atoms with van der Waals surface area (Å²) in [4.78, 5) is 54.2. The first-order chi connectivity index (χ1) is 20.4. The normalized spacial score (nSPS) is 16.3. The summed E-state index contributed by atoms with van der Waals surface area (Å²) in [5.41, 5.74) is 1.33. The third-order valence-electron chi connectivity index (χ3n) is 6.79. The molecule has 12 nitrogen and oxygen atoms in total. The number of Topliss-reactive ketones (excluding diaryl/α,β-unsaturated/α-hetero) is 1. The van der Waals surface area contributed by atoms with E-state index in [0.717, 1.165) is 40.9 Å². The number of carbonyl (C=O) groups excluding carboxylic acids is 3. The fraction of sp³-hybridized carbons (Fsp3) is 0.103. The summed E-state index contributed by atoms with van der Waals surface area (Å²) in [5.74, 6) is -2.84. The zero-order valence-corrected chi connectivity index (χ0v) is 24.2. The van der Waals surface area contributed by atoms with Crippen molar-refractivity contribution in [1.82, 2.24) is 10.3 Å². The number of nitrogens with zero attached hydrogens (tertiary/aromatic N) is 3. The zero-order valence-electron chi connectivity index (χ0n) is 22.5. The molecule has 0 bridgehead atoms. The summed E-state index contributed by atoms with van der Waals surface area (Å²) < 4.78 is 26.3. The third kappa shape index (κ3) is 5.29. The maximum Gasteiger partial charge on any atom is 0.301 e. The highest BCUT2D eigenvalue weighted by Crippen LogP contribution is 2.44. The molecule has 4 aromatic rings. The molecule has 1 aliphatic rings. The first kappa shape index (κ1) is 29.3. The Morgan fingerprint density at radius 1 is 1.00 bits per heavy atom.